The van der Waals surface area contributed by atoms with Crippen molar-refractivity contribution in [3.05, 3.63) is 16.3 Å². The third-order valence-corrected chi connectivity index (χ3v) is 4.22. The van der Waals surface area contributed by atoms with Gasteiger partial charge in [-0.05, 0) is 25.3 Å². The zero-order chi connectivity index (χ0) is 14.2. The Labute approximate surface area is 116 Å². The van der Waals surface area contributed by atoms with E-state index in [2.05, 4.69) is 24.0 Å². The van der Waals surface area contributed by atoms with Crippen LogP contribution in [0.15, 0.2) is 4.52 Å². The van der Waals surface area contributed by atoms with Gasteiger partial charge in [-0.25, -0.2) is 0 Å². The van der Waals surface area contributed by atoms with Gasteiger partial charge in [0.1, 0.15) is 6.10 Å². The molecule has 0 aromatic carbocycles. The molecule has 0 bridgehead atoms. The quantitative estimate of drug-likeness (QED) is 0.930. The van der Waals surface area contributed by atoms with Crippen LogP contribution in [0.4, 0.5) is 5.00 Å². The number of anilines is 1. The number of rotatable bonds is 4. The second-order valence-electron chi connectivity index (χ2n) is 4.88. The summed E-state index contributed by atoms with van der Waals surface area (Å²) in [7, 11) is 1.65. The lowest BCUT2D eigenvalue weighted by Gasteiger charge is -2.14. The molecule has 104 valence electrons. The summed E-state index contributed by atoms with van der Waals surface area (Å²) in [6.07, 6.45) is -0.168. The number of thiophene rings is 1. The largest absolute Gasteiger partial charge is 0.390 e. The molecule has 6 heteroatoms. The van der Waals surface area contributed by atoms with Crippen molar-refractivity contribution in [1.29, 1.82) is 0 Å². The van der Waals surface area contributed by atoms with Crippen LogP contribution < -0.4 is 5.73 Å². The standard InChI is InChI=1S/C13H19N3O2S/c1-6(2)10(17-5)12-15-13(18-16-12)9-7(3)8(4)19-11(9)14/h6,10H,14H2,1-5H3. The van der Waals surface area contributed by atoms with E-state index < -0.39 is 0 Å². The summed E-state index contributed by atoms with van der Waals surface area (Å²) in [4.78, 5) is 5.60. The van der Waals surface area contributed by atoms with Crippen molar-refractivity contribution in [3.63, 3.8) is 0 Å². The van der Waals surface area contributed by atoms with E-state index in [4.69, 9.17) is 15.0 Å². The van der Waals surface area contributed by atoms with Crippen molar-refractivity contribution < 1.29 is 9.26 Å². The summed E-state index contributed by atoms with van der Waals surface area (Å²) in [5, 5.41) is 4.73. The second-order valence-corrected chi connectivity index (χ2v) is 6.14. The van der Waals surface area contributed by atoms with E-state index in [-0.39, 0.29) is 12.0 Å². The van der Waals surface area contributed by atoms with E-state index in [1.165, 1.54) is 16.2 Å². The van der Waals surface area contributed by atoms with Gasteiger partial charge >= 0.3 is 0 Å². The Hall–Kier alpha value is -1.40. The first-order valence-corrected chi connectivity index (χ1v) is 6.99. The fourth-order valence-electron chi connectivity index (χ4n) is 2.05. The van der Waals surface area contributed by atoms with Gasteiger partial charge in [-0.15, -0.1) is 11.3 Å². The van der Waals surface area contributed by atoms with Crippen molar-refractivity contribution >= 4 is 16.3 Å². The summed E-state index contributed by atoms with van der Waals surface area (Å²) >= 11 is 1.54. The molecule has 2 rings (SSSR count). The normalized spacial score (nSPS) is 13.2. The highest BCUT2D eigenvalue weighted by molar-refractivity contribution is 7.16. The van der Waals surface area contributed by atoms with Crippen LogP contribution in [0.3, 0.4) is 0 Å². The van der Waals surface area contributed by atoms with Crippen LogP contribution in [0.25, 0.3) is 11.5 Å². The average Bonchev–Trinajstić information content (AvgIpc) is 2.87. The molecular formula is C13H19N3O2S. The first-order valence-electron chi connectivity index (χ1n) is 6.18. The molecule has 2 aromatic rings. The number of methoxy groups -OCH3 is 1. The maximum Gasteiger partial charge on any atom is 0.261 e. The number of nitrogens with zero attached hydrogens (tertiary/aromatic N) is 2. The third-order valence-electron chi connectivity index (χ3n) is 3.18. The second kappa shape index (κ2) is 5.30. The topological polar surface area (TPSA) is 74.2 Å². The molecule has 2 N–H and O–H groups in total. The minimum Gasteiger partial charge on any atom is -0.390 e. The van der Waals surface area contributed by atoms with Crippen LogP contribution >= 0.6 is 11.3 Å². The lowest BCUT2D eigenvalue weighted by atomic mass is 10.1. The molecule has 1 atom stereocenters. The molecule has 0 spiro atoms. The van der Waals surface area contributed by atoms with Crippen molar-refractivity contribution in [1.82, 2.24) is 10.1 Å². The number of aryl methyl sites for hydroxylation is 1. The van der Waals surface area contributed by atoms with Gasteiger partial charge in [0.05, 0.1) is 10.6 Å². The summed E-state index contributed by atoms with van der Waals surface area (Å²) in [6, 6.07) is 0. The molecule has 0 radical (unpaired) electrons. The Bertz CT molecular complexity index is 574. The van der Waals surface area contributed by atoms with E-state index in [0.29, 0.717) is 16.7 Å². The minimum absolute atomic E-state index is 0.168. The Kier molecular flexibility index (Phi) is 3.91. The Balaban J connectivity index is 2.41. The van der Waals surface area contributed by atoms with Crippen molar-refractivity contribution in [2.75, 3.05) is 12.8 Å². The van der Waals surface area contributed by atoms with Crippen molar-refractivity contribution in [2.24, 2.45) is 5.92 Å². The fourth-order valence-corrected chi connectivity index (χ4v) is 2.97. The summed E-state index contributed by atoms with van der Waals surface area (Å²) in [6.45, 7) is 8.15. The van der Waals surface area contributed by atoms with Gasteiger partial charge in [0.2, 0.25) is 5.82 Å². The van der Waals surface area contributed by atoms with E-state index in [1.54, 1.807) is 7.11 Å². The number of hydrogen-bond donors (Lipinski definition) is 1. The van der Waals surface area contributed by atoms with Crippen LogP contribution in [-0.2, 0) is 4.74 Å². The molecule has 0 aliphatic rings. The smallest absolute Gasteiger partial charge is 0.261 e. The van der Waals surface area contributed by atoms with Gasteiger partial charge in [0.25, 0.3) is 5.89 Å². The Morgan fingerprint density at radius 3 is 2.47 bits per heavy atom. The van der Waals surface area contributed by atoms with Crippen LogP contribution in [0.5, 0.6) is 0 Å². The van der Waals surface area contributed by atoms with Crippen LogP contribution in [-0.4, -0.2) is 17.3 Å². The number of aromatic nitrogens is 2. The number of nitrogens with two attached hydrogens (primary N) is 1. The van der Waals surface area contributed by atoms with E-state index in [9.17, 15) is 0 Å². The van der Waals surface area contributed by atoms with Gasteiger partial charge in [-0.2, -0.15) is 4.98 Å². The van der Waals surface area contributed by atoms with E-state index >= 15 is 0 Å². The Morgan fingerprint density at radius 2 is 2.00 bits per heavy atom. The predicted molar refractivity (Wildman–Crippen MR) is 76.1 cm³/mol. The molecule has 0 aliphatic carbocycles. The number of ether oxygens (including phenoxy) is 1. The number of nitrogen functional groups attached to an aromatic ring is 1. The molecule has 1 unspecified atom stereocenters. The van der Waals surface area contributed by atoms with Gasteiger partial charge in [0, 0.05) is 12.0 Å². The fraction of sp³-hybridized carbons (Fsp3) is 0.538. The molecule has 0 fully saturated rings. The van der Waals surface area contributed by atoms with Crippen molar-refractivity contribution in [2.45, 2.75) is 33.8 Å². The molecule has 5 nitrogen and oxygen atoms in total. The molecule has 2 aromatic heterocycles. The first kappa shape index (κ1) is 14.0. The van der Waals surface area contributed by atoms with E-state index in [0.717, 1.165) is 11.1 Å². The highest BCUT2D eigenvalue weighted by Crippen LogP contribution is 2.37. The van der Waals surface area contributed by atoms with Crippen LogP contribution in [0, 0.1) is 19.8 Å². The third kappa shape index (κ3) is 2.50. The van der Waals surface area contributed by atoms with Gasteiger partial charge < -0.3 is 15.0 Å². The monoisotopic (exact) mass is 281 g/mol. The highest BCUT2D eigenvalue weighted by atomic mass is 32.1. The summed E-state index contributed by atoms with van der Waals surface area (Å²) in [5.74, 6) is 1.31. The molecule has 2 heterocycles. The molecule has 0 aliphatic heterocycles. The lowest BCUT2D eigenvalue weighted by Crippen LogP contribution is -2.10. The molecule has 19 heavy (non-hydrogen) atoms. The van der Waals surface area contributed by atoms with Crippen LogP contribution in [0.2, 0.25) is 0 Å². The van der Waals surface area contributed by atoms with Crippen LogP contribution in [0.1, 0.15) is 36.2 Å². The number of hydrogen-bond acceptors (Lipinski definition) is 6. The maximum absolute atomic E-state index is 6.01. The zero-order valence-corrected chi connectivity index (χ0v) is 12.7. The van der Waals surface area contributed by atoms with Gasteiger partial charge in [0.15, 0.2) is 0 Å². The van der Waals surface area contributed by atoms with Crippen molar-refractivity contribution in [3.8, 4) is 11.5 Å². The lowest BCUT2D eigenvalue weighted by molar-refractivity contribution is 0.0556. The maximum atomic E-state index is 6.01. The molecule has 0 amide bonds. The summed E-state index contributed by atoms with van der Waals surface area (Å²) in [5.41, 5.74) is 7.95. The predicted octanol–water partition coefficient (Wildman–Crippen LogP) is 3.34. The average molecular weight is 281 g/mol. The SMILES string of the molecule is COC(c1noc(-c2c(N)sc(C)c2C)n1)C(C)C. The zero-order valence-electron chi connectivity index (χ0n) is 11.9. The van der Waals surface area contributed by atoms with Gasteiger partial charge in [-0.3, -0.25) is 0 Å². The Morgan fingerprint density at radius 1 is 1.32 bits per heavy atom. The van der Waals surface area contributed by atoms with E-state index in [1.807, 2.05) is 13.8 Å². The minimum atomic E-state index is -0.168. The van der Waals surface area contributed by atoms with Gasteiger partial charge in [-0.1, -0.05) is 19.0 Å². The summed E-state index contributed by atoms with van der Waals surface area (Å²) < 4.78 is 10.7. The molecule has 0 saturated heterocycles. The molecular weight excluding hydrogens is 262 g/mol. The molecule has 0 saturated carbocycles. The highest BCUT2D eigenvalue weighted by Gasteiger charge is 2.24. The first-order chi connectivity index (χ1) is 8.95.